The summed E-state index contributed by atoms with van der Waals surface area (Å²) in [6.07, 6.45) is 5.00. The molecule has 0 radical (unpaired) electrons. The third-order valence-electron chi connectivity index (χ3n) is 6.07. The van der Waals surface area contributed by atoms with Crippen LogP contribution in [0.1, 0.15) is 50.2 Å². The zero-order valence-corrected chi connectivity index (χ0v) is 21.3. The highest BCUT2D eigenvalue weighted by Crippen LogP contribution is 2.23. The highest BCUT2D eigenvalue weighted by Gasteiger charge is 2.19. The first-order valence-electron chi connectivity index (χ1n) is 12.6. The van der Waals surface area contributed by atoms with E-state index in [1.54, 1.807) is 4.52 Å². The van der Waals surface area contributed by atoms with Gasteiger partial charge in [0.25, 0.3) is 0 Å². The summed E-state index contributed by atoms with van der Waals surface area (Å²) in [5.41, 5.74) is 3.45. The van der Waals surface area contributed by atoms with Gasteiger partial charge in [0, 0.05) is 50.0 Å². The summed E-state index contributed by atoms with van der Waals surface area (Å²) >= 11 is 0. The summed E-state index contributed by atoms with van der Waals surface area (Å²) in [6.45, 7) is 9.79. The number of hydrogen-bond acceptors (Lipinski definition) is 8. The molecule has 37 heavy (non-hydrogen) atoms. The van der Waals surface area contributed by atoms with Gasteiger partial charge in [-0.3, -0.25) is 9.59 Å². The second-order valence-electron chi connectivity index (χ2n) is 9.24. The standard InChI is InChI=1S/C26H34N8O3/c1-4-22(35)27-11-8-23(36)30-20-7-5-6-18(14-20)15-28-26-33-25(31-19-9-12-37-13-10-19)32-24-21(17(2)3)16-29-34(24)26/h4-7,14,16-17,19H,1,8-13,15H2,2-3H3,(H,27,35)(H,30,36)(H2,28,31,32,33). The van der Waals surface area contributed by atoms with E-state index in [1.165, 1.54) is 6.08 Å². The summed E-state index contributed by atoms with van der Waals surface area (Å²) in [6, 6.07) is 7.83. The van der Waals surface area contributed by atoms with Gasteiger partial charge in [-0.15, -0.1) is 0 Å². The lowest BCUT2D eigenvalue weighted by atomic mass is 10.1. The Balaban J connectivity index is 1.45. The maximum absolute atomic E-state index is 12.2. The van der Waals surface area contributed by atoms with Gasteiger partial charge in [-0.2, -0.15) is 19.6 Å². The van der Waals surface area contributed by atoms with Gasteiger partial charge in [-0.05, 0) is 42.5 Å². The van der Waals surface area contributed by atoms with E-state index in [2.05, 4.69) is 46.8 Å². The fourth-order valence-electron chi connectivity index (χ4n) is 4.04. The van der Waals surface area contributed by atoms with Gasteiger partial charge < -0.3 is 26.0 Å². The van der Waals surface area contributed by atoms with E-state index in [1.807, 2.05) is 30.5 Å². The molecule has 1 aliphatic rings. The minimum atomic E-state index is -0.302. The van der Waals surface area contributed by atoms with Crippen molar-refractivity contribution >= 4 is 35.0 Å². The Morgan fingerprint density at radius 3 is 2.81 bits per heavy atom. The average molecular weight is 507 g/mol. The summed E-state index contributed by atoms with van der Waals surface area (Å²) in [5, 5.41) is 16.8. The third-order valence-corrected chi connectivity index (χ3v) is 6.07. The highest BCUT2D eigenvalue weighted by molar-refractivity contribution is 5.92. The van der Waals surface area contributed by atoms with Crippen molar-refractivity contribution in [3.8, 4) is 0 Å². The Morgan fingerprint density at radius 1 is 1.24 bits per heavy atom. The number of carbonyl (C=O) groups excluding carboxylic acids is 2. The van der Waals surface area contributed by atoms with Crippen LogP contribution in [-0.2, 0) is 20.9 Å². The molecule has 11 nitrogen and oxygen atoms in total. The molecule has 0 spiro atoms. The summed E-state index contributed by atoms with van der Waals surface area (Å²) in [7, 11) is 0. The maximum atomic E-state index is 12.2. The third kappa shape index (κ3) is 7.04. The molecule has 4 rings (SSSR count). The van der Waals surface area contributed by atoms with Crippen molar-refractivity contribution in [3.63, 3.8) is 0 Å². The summed E-state index contributed by atoms with van der Waals surface area (Å²) in [5.74, 6) is 0.923. The Morgan fingerprint density at radius 2 is 2.05 bits per heavy atom. The molecule has 196 valence electrons. The number of aromatic nitrogens is 4. The Labute approximate surface area is 216 Å². The molecule has 0 aliphatic carbocycles. The molecule has 0 bridgehead atoms. The fourth-order valence-corrected chi connectivity index (χ4v) is 4.04. The average Bonchev–Trinajstić information content (AvgIpc) is 3.32. The molecule has 3 aromatic rings. The molecule has 2 aromatic heterocycles. The lowest BCUT2D eigenvalue weighted by Crippen LogP contribution is -2.29. The molecule has 2 amide bonds. The molecule has 0 atom stereocenters. The maximum Gasteiger partial charge on any atom is 0.243 e. The molecule has 0 saturated carbocycles. The van der Waals surface area contributed by atoms with E-state index in [4.69, 9.17) is 14.7 Å². The van der Waals surface area contributed by atoms with E-state index >= 15 is 0 Å². The topological polar surface area (TPSA) is 135 Å². The Bertz CT molecular complexity index is 1250. The number of amides is 2. The van der Waals surface area contributed by atoms with Crippen LogP contribution >= 0.6 is 0 Å². The molecule has 1 aliphatic heterocycles. The molecule has 0 unspecified atom stereocenters. The van der Waals surface area contributed by atoms with Crippen molar-refractivity contribution < 1.29 is 14.3 Å². The number of anilines is 3. The van der Waals surface area contributed by atoms with Crippen molar-refractivity contribution in [3.05, 3.63) is 54.2 Å². The summed E-state index contributed by atoms with van der Waals surface area (Å²) < 4.78 is 7.20. The van der Waals surface area contributed by atoms with Crippen molar-refractivity contribution in [2.75, 3.05) is 35.7 Å². The number of carbonyl (C=O) groups is 2. The van der Waals surface area contributed by atoms with Crippen LogP contribution in [0.4, 0.5) is 17.6 Å². The largest absolute Gasteiger partial charge is 0.381 e. The molecule has 1 fully saturated rings. The predicted molar refractivity (Wildman–Crippen MR) is 143 cm³/mol. The van der Waals surface area contributed by atoms with Crippen LogP contribution in [0.5, 0.6) is 0 Å². The molecule has 4 N–H and O–H groups in total. The number of benzene rings is 1. The van der Waals surface area contributed by atoms with Gasteiger partial charge in [0.05, 0.1) is 6.20 Å². The highest BCUT2D eigenvalue weighted by atomic mass is 16.5. The smallest absolute Gasteiger partial charge is 0.243 e. The van der Waals surface area contributed by atoms with Crippen molar-refractivity contribution in [1.82, 2.24) is 24.9 Å². The van der Waals surface area contributed by atoms with Crippen LogP contribution in [0.15, 0.2) is 43.1 Å². The van der Waals surface area contributed by atoms with Gasteiger partial charge in [0.2, 0.25) is 23.7 Å². The molecule has 1 saturated heterocycles. The number of rotatable bonds is 11. The van der Waals surface area contributed by atoms with Crippen LogP contribution in [0.3, 0.4) is 0 Å². The number of ether oxygens (including phenoxy) is 1. The van der Waals surface area contributed by atoms with Gasteiger partial charge >= 0.3 is 0 Å². The molecular formula is C26H34N8O3. The molecule has 3 heterocycles. The summed E-state index contributed by atoms with van der Waals surface area (Å²) in [4.78, 5) is 33.0. The predicted octanol–water partition coefficient (Wildman–Crippen LogP) is 3.08. The zero-order chi connectivity index (χ0) is 26.2. The Hall–Kier alpha value is -3.99. The quantitative estimate of drug-likeness (QED) is 0.292. The van der Waals surface area contributed by atoms with E-state index in [9.17, 15) is 9.59 Å². The van der Waals surface area contributed by atoms with Crippen molar-refractivity contribution in [2.45, 2.75) is 51.6 Å². The van der Waals surface area contributed by atoms with E-state index in [-0.39, 0.29) is 36.7 Å². The lowest BCUT2D eigenvalue weighted by Gasteiger charge is -2.23. The first-order chi connectivity index (χ1) is 17.9. The molecular weight excluding hydrogens is 472 g/mol. The van der Waals surface area contributed by atoms with Crippen LogP contribution in [0, 0.1) is 0 Å². The molecule has 1 aromatic carbocycles. The van der Waals surface area contributed by atoms with Gasteiger partial charge in [-0.1, -0.05) is 32.6 Å². The van der Waals surface area contributed by atoms with Gasteiger partial charge in [0.1, 0.15) is 0 Å². The van der Waals surface area contributed by atoms with Crippen molar-refractivity contribution in [2.24, 2.45) is 0 Å². The first-order valence-corrected chi connectivity index (χ1v) is 12.6. The van der Waals surface area contributed by atoms with Crippen LogP contribution in [-0.4, -0.2) is 57.2 Å². The minimum absolute atomic E-state index is 0.168. The number of fused-ring (bicyclic) bond motifs is 1. The van der Waals surface area contributed by atoms with Crippen molar-refractivity contribution in [1.29, 1.82) is 0 Å². The number of hydrogen-bond donors (Lipinski definition) is 4. The number of nitrogens with zero attached hydrogens (tertiary/aromatic N) is 4. The fraction of sp³-hybridized carbons (Fsp3) is 0.423. The lowest BCUT2D eigenvalue weighted by molar-refractivity contribution is -0.117. The van der Waals surface area contributed by atoms with E-state index in [0.29, 0.717) is 24.1 Å². The van der Waals surface area contributed by atoms with Gasteiger partial charge in [-0.25, -0.2) is 0 Å². The zero-order valence-electron chi connectivity index (χ0n) is 21.3. The first kappa shape index (κ1) is 26.1. The minimum Gasteiger partial charge on any atom is -0.381 e. The van der Waals surface area contributed by atoms with Crippen LogP contribution in [0.2, 0.25) is 0 Å². The number of nitrogens with one attached hydrogen (secondary N) is 4. The monoisotopic (exact) mass is 506 g/mol. The van der Waals surface area contributed by atoms with Gasteiger partial charge in [0.15, 0.2) is 5.65 Å². The second kappa shape index (κ2) is 12.3. The second-order valence-corrected chi connectivity index (χ2v) is 9.24. The normalized spacial score (nSPS) is 13.9. The van der Waals surface area contributed by atoms with E-state index in [0.717, 1.165) is 42.8 Å². The van der Waals surface area contributed by atoms with Crippen LogP contribution in [0.25, 0.3) is 5.65 Å². The van der Waals surface area contributed by atoms with Crippen LogP contribution < -0.4 is 21.3 Å². The molecule has 11 heteroatoms. The SMILES string of the molecule is C=CC(=O)NCCC(=O)Nc1cccc(CNc2nc(NC3CCOCC3)nc3c(C(C)C)cnn23)c1. The van der Waals surface area contributed by atoms with E-state index < -0.39 is 0 Å². The Kier molecular flexibility index (Phi) is 8.68.